The maximum absolute atomic E-state index is 4.34. The lowest BCUT2D eigenvalue weighted by Gasteiger charge is -2.50. The van der Waals surface area contributed by atoms with E-state index in [4.69, 9.17) is 0 Å². The van der Waals surface area contributed by atoms with Crippen LogP contribution in [0.4, 0.5) is 0 Å². The molecule has 0 spiro atoms. The Balaban J connectivity index is 1.22. The highest BCUT2D eigenvalue weighted by Gasteiger charge is 2.46. The molecule has 0 saturated heterocycles. The third-order valence-electron chi connectivity index (χ3n) is 11.6. The van der Waals surface area contributed by atoms with E-state index in [9.17, 15) is 0 Å². The average Bonchev–Trinajstić information content (AvgIpc) is 3.06. The number of rotatable bonds is 4. The van der Waals surface area contributed by atoms with Gasteiger partial charge in [-0.25, -0.2) is 0 Å². The molecule has 1 fully saturated rings. The van der Waals surface area contributed by atoms with Crippen molar-refractivity contribution in [1.82, 2.24) is 4.98 Å². The third kappa shape index (κ3) is 4.39. The third-order valence-corrected chi connectivity index (χ3v) is 11.6. The van der Waals surface area contributed by atoms with Crippen LogP contribution in [0.3, 0.4) is 0 Å². The summed E-state index contributed by atoms with van der Waals surface area (Å²) in [6.45, 7) is 2.31. The molecule has 1 heteroatoms. The van der Waals surface area contributed by atoms with Gasteiger partial charge in [0, 0.05) is 12.4 Å². The first-order chi connectivity index (χ1) is 20.8. The Bertz CT molecular complexity index is 1590. The second-order valence-corrected chi connectivity index (χ2v) is 13.6. The summed E-state index contributed by atoms with van der Waals surface area (Å²) in [6.07, 6.45) is 29.1. The minimum Gasteiger partial charge on any atom is -0.265 e. The van der Waals surface area contributed by atoms with E-state index in [-0.39, 0.29) is 0 Å². The molecule has 2 aromatic carbocycles. The van der Waals surface area contributed by atoms with Gasteiger partial charge in [0.25, 0.3) is 0 Å². The Morgan fingerprint density at radius 1 is 0.833 bits per heavy atom. The number of fused-ring (bicyclic) bond motifs is 4. The molecule has 0 aliphatic heterocycles. The predicted molar refractivity (Wildman–Crippen MR) is 175 cm³/mol. The van der Waals surface area contributed by atoms with Crippen LogP contribution in [0.25, 0.3) is 11.6 Å². The number of aromatic nitrogens is 1. The summed E-state index contributed by atoms with van der Waals surface area (Å²) in [4.78, 5) is 4.34. The average molecular weight is 550 g/mol. The highest BCUT2D eigenvalue weighted by molar-refractivity contribution is 5.88. The maximum Gasteiger partial charge on any atom is 0.0270 e. The van der Waals surface area contributed by atoms with Crippen LogP contribution >= 0.6 is 0 Å². The molecule has 3 aromatic rings. The minimum absolute atomic E-state index is 0.549. The molecule has 1 aromatic heterocycles. The van der Waals surface area contributed by atoms with Gasteiger partial charge in [-0.05, 0) is 149 Å². The highest BCUT2D eigenvalue weighted by atomic mass is 14.6. The molecule has 5 aliphatic rings. The zero-order valence-electron chi connectivity index (χ0n) is 25.0. The fourth-order valence-electron chi connectivity index (χ4n) is 9.62. The molecule has 5 aliphatic carbocycles. The van der Waals surface area contributed by atoms with Gasteiger partial charge in [0.1, 0.15) is 0 Å². The van der Waals surface area contributed by atoms with E-state index >= 15 is 0 Å². The number of allylic oxidation sites excluding steroid dienone is 6. The fourth-order valence-corrected chi connectivity index (χ4v) is 9.62. The topological polar surface area (TPSA) is 12.9 Å². The molecule has 0 radical (unpaired) electrons. The summed E-state index contributed by atoms with van der Waals surface area (Å²) >= 11 is 0. The van der Waals surface area contributed by atoms with Gasteiger partial charge in [-0.15, -0.1) is 0 Å². The number of pyridine rings is 1. The van der Waals surface area contributed by atoms with Crippen LogP contribution in [0.2, 0.25) is 0 Å². The molecule has 1 nitrogen and oxygen atoms in total. The van der Waals surface area contributed by atoms with Crippen LogP contribution in [0.15, 0.2) is 103 Å². The Morgan fingerprint density at radius 2 is 1.74 bits per heavy atom. The van der Waals surface area contributed by atoms with E-state index in [0.29, 0.717) is 29.6 Å². The monoisotopic (exact) mass is 549 g/mol. The second kappa shape index (κ2) is 11.0. The molecule has 0 amide bonds. The Hall–Kier alpha value is -3.45. The first kappa shape index (κ1) is 26.2. The van der Waals surface area contributed by atoms with E-state index in [1.165, 1.54) is 84.8 Å². The van der Waals surface area contributed by atoms with Crippen molar-refractivity contribution in [3.05, 3.63) is 136 Å². The van der Waals surface area contributed by atoms with E-state index in [0.717, 1.165) is 11.8 Å². The second-order valence-electron chi connectivity index (χ2n) is 13.6. The van der Waals surface area contributed by atoms with E-state index in [1.807, 2.05) is 12.4 Å². The van der Waals surface area contributed by atoms with Crippen molar-refractivity contribution >= 4 is 11.6 Å². The molecule has 0 N–H and O–H groups in total. The summed E-state index contributed by atoms with van der Waals surface area (Å²) in [6, 6.07) is 21.4. The van der Waals surface area contributed by atoms with Crippen molar-refractivity contribution in [2.75, 3.05) is 0 Å². The predicted octanol–water partition coefficient (Wildman–Crippen LogP) is 10.3. The smallest absolute Gasteiger partial charge is 0.0270 e. The van der Waals surface area contributed by atoms with Gasteiger partial charge < -0.3 is 0 Å². The van der Waals surface area contributed by atoms with Gasteiger partial charge in [-0.1, -0.05) is 86.2 Å². The zero-order chi connectivity index (χ0) is 28.0. The van der Waals surface area contributed by atoms with Crippen LogP contribution in [0.5, 0.6) is 0 Å². The molecule has 1 saturated carbocycles. The molecule has 8 rings (SSSR count). The molecular weight excluding hydrogens is 506 g/mol. The van der Waals surface area contributed by atoms with E-state index < -0.39 is 0 Å². The van der Waals surface area contributed by atoms with Gasteiger partial charge >= 0.3 is 0 Å². The standard InChI is InChI=1S/C41H43N/c1-2-27-17-18-30-26-31(20-19-29(30)25-27)40-36-9-3-5-11-38(36)41(39-12-6-4-10-37(39)40)35-16-8-14-33-32(13-7-15-34(33)35)28-21-23-42-24-22-28/h3-5,8-11,16-24,26-27,32-35,39,41H,2,6-7,12-15,25H2,1H3. The van der Waals surface area contributed by atoms with Gasteiger partial charge in [-0.3, -0.25) is 4.98 Å². The van der Waals surface area contributed by atoms with Crippen LogP contribution in [-0.4, -0.2) is 4.98 Å². The minimum atomic E-state index is 0.549. The molecule has 0 bridgehead atoms. The van der Waals surface area contributed by atoms with Crippen molar-refractivity contribution in [2.24, 2.45) is 29.6 Å². The summed E-state index contributed by atoms with van der Waals surface area (Å²) in [5, 5.41) is 0. The van der Waals surface area contributed by atoms with Crippen molar-refractivity contribution in [3.63, 3.8) is 0 Å². The largest absolute Gasteiger partial charge is 0.265 e. The highest BCUT2D eigenvalue weighted by Crippen LogP contribution is 2.58. The summed E-state index contributed by atoms with van der Waals surface area (Å²) in [7, 11) is 0. The number of benzene rings is 2. The van der Waals surface area contributed by atoms with Crippen molar-refractivity contribution in [2.45, 2.75) is 70.1 Å². The molecular formula is C41H43N. The lowest BCUT2D eigenvalue weighted by Crippen LogP contribution is -2.39. The Kier molecular flexibility index (Phi) is 6.86. The Labute approximate surface area is 252 Å². The first-order valence-corrected chi connectivity index (χ1v) is 16.7. The summed E-state index contributed by atoms with van der Waals surface area (Å²) in [5.41, 5.74) is 12.0. The number of hydrogen-bond acceptors (Lipinski definition) is 1. The summed E-state index contributed by atoms with van der Waals surface area (Å²) in [5.74, 6) is 4.53. The van der Waals surface area contributed by atoms with Gasteiger partial charge in [0.15, 0.2) is 0 Å². The lowest BCUT2D eigenvalue weighted by atomic mass is 9.54. The SMILES string of the molecule is CCC1C=Cc2cc(C3=C4C=CCCC4C(C4C=CCC5C(c6ccncc6)CCCC45)c4ccccc43)ccc2C1. The van der Waals surface area contributed by atoms with Crippen molar-refractivity contribution in [1.29, 1.82) is 0 Å². The first-order valence-electron chi connectivity index (χ1n) is 16.7. The van der Waals surface area contributed by atoms with Crippen LogP contribution in [0.1, 0.15) is 97.1 Å². The van der Waals surface area contributed by atoms with E-state index in [1.54, 1.807) is 11.1 Å². The molecule has 1 heterocycles. The van der Waals surface area contributed by atoms with Gasteiger partial charge in [0.05, 0.1) is 0 Å². The quantitative estimate of drug-likeness (QED) is 0.295. The van der Waals surface area contributed by atoms with E-state index in [2.05, 4.69) is 103 Å². The number of hydrogen-bond donors (Lipinski definition) is 0. The maximum atomic E-state index is 4.34. The molecule has 7 unspecified atom stereocenters. The number of nitrogens with zero attached hydrogens (tertiary/aromatic N) is 1. The van der Waals surface area contributed by atoms with Gasteiger partial charge in [0.2, 0.25) is 0 Å². The fraction of sp³-hybridized carbons (Fsp3) is 0.390. The Morgan fingerprint density at radius 3 is 2.64 bits per heavy atom. The van der Waals surface area contributed by atoms with Gasteiger partial charge in [-0.2, -0.15) is 0 Å². The molecule has 212 valence electrons. The molecule has 42 heavy (non-hydrogen) atoms. The van der Waals surface area contributed by atoms with Crippen LogP contribution < -0.4 is 0 Å². The lowest BCUT2D eigenvalue weighted by molar-refractivity contribution is 0.121. The van der Waals surface area contributed by atoms with Crippen LogP contribution in [0, 0.1) is 29.6 Å². The van der Waals surface area contributed by atoms with Crippen LogP contribution in [-0.2, 0) is 6.42 Å². The summed E-state index contributed by atoms with van der Waals surface area (Å²) < 4.78 is 0. The van der Waals surface area contributed by atoms with Crippen molar-refractivity contribution < 1.29 is 0 Å². The van der Waals surface area contributed by atoms with Crippen molar-refractivity contribution in [3.8, 4) is 0 Å². The zero-order valence-corrected chi connectivity index (χ0v) is 25.0. The molecule has 7 atom stereocenters. The normalized spacial score (nSPS) is 31.2.